The van der Waals surface area contributed by atoms with Crippen molar-refractivity contribution in [2.45, 2.75) is 72.1 Å². The number of nitrogens with zero attached hydrogens (tertiary/aromatic N) is 4. The zero-order valence-corrected chi connectivity index (χ0v) is 15.2. The van der Waals surface area contributed by atoms with E-state index < -0.39 is 0 Å². The predicted octanol–water partition coefficient (Wildman–Crippen LogP) is 3.70. The summed E-state index contributed by atoms with van der Waals surface area (Å²) < 4.78 is 13.6. The molecule has 2 rings (SSSR count). The van der Waals surface area contributed by atoms with Crippen LogP contribution in [0.1, 0.15) is 66.0 Å². The lowest BCUT2D eigenvalue weighted by molar-refractivity contribution is 0.00605. The fourth-order valence-electron chi connectivity index (χ4n) is 2.65. The summed E-state index contributed by atoms with van der Waals surface area (Å²) in [6.45, 7) is 8.92. The number of imidazole rings is 1. The van der Waals surface area contributed by atoms with Crippen LogP contribution in [0.5, 0.6) is 6.01 Å². The predicted molar refractivity (Wildman–Crippen MR) is 94.9 cm³/mol. The molecular formula is C17H29N5O2. The minimum Gasteiger partial charge on any atom is -0.460 e. The number of hydrogen-bond donors (Lipinski definition) is 1. The van der Waals surface area contributed by atoms with E-state index >= 15 is 0 Å². The van der Waals surface area contributed by atoms with Crippen molar-refractivity contribution < 1.29 is 9.47 Å². The molecule has 2 heterocycles. The number of hydrogen-bond acceptors (Lipinski definition) is 6. The first-order chi connectivity index (χ1) is 11.6. The molecule has 0 amide bonds. The van der Waals surface area contributed by atoms with Gasteiger partial charge in [0, 0.05) is 6.61 Å². The number of anilines is 1. The molecule has 0 bridgehead atoms. The van der Waals surface area contributed by atoms with Crippen LogP contribution in [0.4, 0.5) is 5.82 Å². The van der Waals surface area contributed by atoms with E-state index in [1.807, 2.05) is 18.4 Å². The van der Waals surface area contributed by atoms with Gasteiger partial charge in [-0.25, -0.2) is 4.98 Å². The molecule has 0 fully saturated rings. The maximum Gasteiger partial charge on any atom is 0.320 e. The standard InChI is InChI=1S/C17H29N5O2/c1-5-8-10-12(4)24-17-20-15(18)14-16(21-17)22(11-19-14)13(9-6-2)23-7-3/h11-13H,5-10H2,1-4H3,(H2,18,20,21). The number of aromatic nitrogens is 4. The van der Waals surface area contributed by atoms with Crippen molar-refractivity contribution in [3.63, 3.8) is 0 Å². The molecule has 2 atom stereocenters. The van der Waals surface area contributed by atoms with Gasteiger partial charge in [-0.1, -0.05) is 33.1 Å². The van der Waals surface area contributed by atoms with Crippen molar-refractivity contribution in [3.05, 3.63) is 6.33 Å². The first kappa shape index (κ1) is 18.4. The van der Waals surface area contributed by atoms with Crippen molar-refractivity contribution in [3.8, 4) is 6.01 Å². The highest BCUT2D eigenvalue weighted by Gasteiger charge is 2.18. The maximum atomic E-state index is 6.05. The summed E-state index contributed by atoms with van der Waals surface area (Å²) in [7, 11) is 0. The average Bonchev–Trinajstić information content (AvgIpc) is 2.97. The summed E-state index contributed by atoms with van der Waals surface area (Å²) in [5.74, 6) is 0.336. The Hall–Kier alpha value is -1.89. The number of nitrogen functional groups attached to an aromatic ring is 1. The molecule has 2 aromatic rings. The lowest BCUT2D eigenvalue weighted by Crippen LogP contribution is -2.16. The highest BCUT2D eigenvalue weighted by molar-refractivity contribution is 5.81. The minimum atomic E-state index is -0.107. The zero-order valence-electron chi connectivity index (χ0n) is 15.2. The van der Waals surface area contributed by atoms with E-state index in [0.717, 1.165) is 32.1 Å². The molecule has 0 spiro atoms. The summed E-state index contributed by atoms with van der Waals surface area (Å²) in [5, 5.41) is 0. The summed E-state index contributed by atoms with van der Waals surface area (Å²) in [6, 6.07) is 0.303. The van der Waals surface area contributed by atoms with Gasteiger partial charge < -0.3 is 15.2 Å². The molecule has 0 radical (unpaired) electrons. The van der Waals surface area contributed by atoms with Crippen molar-refractivity contribution in [2.24, 2.45) is 0 Å². The van der Waals surface area contributed by atoms with E-state index in [1.165, 1.54) is 0 Å². The van der Waals surface area contributed by atoms with Gasteiger partial charge in [0.15, 0.2) is 17.0 Å². The molecule has 0 aliphatic rings. The Morgan fingerprint density at radius 1 is 1.17 bits per heavy atom. The molecule has 7 nitrogen and oxygen atoms in total. The smallest absolute Gasteiger partial charge is 0.320 e. The SMILES string of the molecule is CCCCC(C)Oc1nc(N)c2ncn(C(CCC)OCC)c2n1. The largest absolute Gasteiger partial charge is 0.460 e. The Labute approximate surface area is 143 Å². The van der Waals surface area contributed by atoms with Gasteiger partial charge in [0.1, 0.15) is 6.23 Å². The third-order valence-corrected chi connectivity index (χ3v) is 3.90. The molecule has 7 heteroatoms. The van der Waals surface area contributed by atoms with Crippen molar-refractivity contribution >= 4 is 17.0 Å². The first-order valence-electron chi connectivity index (χ1n) is 8.88. The van der Waals surface area contributed by atoms with Crippen LogP contribution in [0.2, 0.25) is 0 Å². The molecule has 134 valence electrons. The number of rotatable bonds is 10. The summed E-state index contributed by atoms with van der Waals surface area (Å²) in [4.78, 5) is 13.1. The Bertz CT molecular complexity index is 637. The Kier molecular flexibility index (Phi) is 6.78. The van der Waals surface area contributed by atoms with Gasteiger partial charge in [-0.15, -0.1) is 0 Å². The molecule has 2 unspecified atom stereocenters. The maximum absolute atomic E-state index is 6.05. The molecule has 0 aliphatic carbocycles. The van der Waals surface area contributed by atoms with Gasteiger partial charge in [0.2, 0.25) is 0 Å². The fourth-order valence-corrected chi connectivity index (χ4v) is 2.65. The van der Waals surface area contributed by atoms with Crippen LogP contribution in [0.3, 0.4) is 0 Å². The monoisotopic (exact) mass is 335 g/mol. The van der Waals surface area contributed by atoms with E-state index in [4.69, 9.17) is 15.2 Å². The molecule has 2 N–H and O–H groups in total. The van der Waals surface area contributed by atoms with Crippen LogP contribution < -0.4 is 10.5 Å². The lowest BCUT2D eigenvalue weighted by Gasteiger charge is -2.18. The van der Waals surface area contributed by atoms with Gasteiger partial charge in [0.25, 0.3) is 0 Å². The van der Waals surface area contributed by atoms with Crippen LogP contribution in [-0.2, 0) is 4.74 Å². The van der Waals surface area contributed by atoms with Gasteiger partial charge in [-0.2, -0.15) is 9.97 Å². The van der Waals surface area contributed by atoms with E-state index in [9.17, 15) is 0 Å². The van der Waals surface area contributed by atoms with Crippen LogP contribution in [0, 0.1) is 0 Å². The normalized spacial score (nSPS) is 14.0. The summed E-state index contributed by atoms with van der Waals surface area (Å²) >= 11 is 0. The quantitative estimate of drug-likeness (QED) is 0.712. The highest BCUT2D eigenvalue weighted by atomic mass is 16.5. The number of nitrogens with two attached hydrogens (primary N) is 1. The van der Waals surface area contributed by atoms with E-state index in [2.05, 4.69) is 28.8 Å². The Morgan fingerprint density at radius 3 is 2.62 bits per heavy atom. The second-order valence-electron chi connectivity index (χ2n) is 5.98. The first-order valence-corrected chi connectivity index (χ1v) is 8.88. The second-order valence-corrected chi connectivity index (χ2v) is 5.98. The molecule has 0 aliphatic heterocycles. The molecule has 24 heavy (non-hydrogen) atoms. The van der Waals surface area contributed by atoms with Gasteiger partial charge in [-0.3, -0.25) is 4.57 Å². The highest BCUT2D eigenvalue weighted by Crippen LogP contribution is 2.25. The van der Waals surface area contributed by atoms with E-state index in [1.54, 1.807) is 6.33 Å². The van der Waals surface area contributed by atoms with E-state index in [-0.39, 0.29) is 12.3 Å². The fraction of sp³-hybridized carbons (Fsp3) is 0.706. The number of ether oxygens (including phenoxy) is 2. The van der Waals surface area contributed by atoms with Gasteiger partial charge in [-0.05, 0) is 26.7 Å². The zero-order chi connectivity index (χ0) is 17.5. The second kappa shape index (κ2) is 8.82. The van der Waals surface area contributed by atoms with Gasteiger partial charge >= 0.3 is 6.01 Å². The minimum absolute atomic E-state index is 0.0523. The summed E-state index contributed by atoms with van der Waals surface area (Å²) in [5.41, 5.74) is 7.29. The van der Waals surface area contributed by atoms with Crippen LogP contribution in [-0.4, -0.2) is 32.2 Å². The van der Waals surface area contributed by atoms with Crippen LogP contribution in [0.15, 0.2) is 6.33 Å². The van der Waals surface area contributed by atoms with Crippen molar-refractivity contribution in [2.75, 3.05) is 12.3 Å². The molecular weight excluding hydrogens is 306 g/mol. The van der Waals surface area contributed by atoms with E-state index in [0.29, 0.717) is 29.6 Å². The van der Waals surface area contributed by atoms with Gasteiger partial charge in [0.05, 0.1) is 12.4 Å². The Morgan fingerprint density at radius 2 is 1.96 bits per heavy atom. The number of fused-ring (bicyclic) bond motifs is 1. The van der Waals surface area contributed by atoms with Crippen LogP contribution >= 0.6 is 0 Å². The third kappa shape index (κ3) is 4.35. The summed E-state index contributed by atoms with van der Waals surface area (Å²) in [6.07, 6.45) is 6.76. The molecule has 0 saturated heterocycles. The number of unbranched alkanes of at least 4 members (excludes halogenated alkanes) is 1. The van der Waals surface area contributed by atoms with Crippen LogP contribution in [0.25, 0.3) is 11.2 Å². The molecule has 0 aromatic carbocycles. The Balaban J connectivity index is 2.31. The lowest BCUT2D eigenvalue weighted by atomic mass is 10.2. The third-order valence-electron chi connectivity index (χ3n) is 3.90. The average molecular weight is 335 g/mol. The van der Waals surface area contributed by atoms with Crippen molar-refractivity contribution in [1.29, 1.82) is 0 Å². The topological polar surface area (TPSA) is 88.1 Å². The molecule has 2 aromatic heterocycles. The molecule has 0 saturated carbocycles. The van der Waals surface area contributed by atoms with Crippen molar-refractivity contribution in [1.82, 2.24) is 19.5 Å².